The van der Waals surface area contributed by atoms with Gasteiger partial charge in [0.1, 0.15) is 17.6 Å². The fraction of sp³-hybridized carbons (Fsp3) is 0.364. The highest BCUT2D eigenvalue weighted by molar-refractivity contribution is 5.84. The Morgan fingerprint density at radius 2 is 1.83 bits per heavy atom. The number of carbonyl (C=O) groups excluding carboxylic acids is 2. The van der Waals surface area contributed by atoms with Crippen LogP contribution < -0.4 is 20.1 Å². The summed E-state index contributed by atoms with van der Waals surface area (Å²) < 4.78 is 16.2. The van der Waals surface area contributed by atoms with Gasteiger partial charge >= 0.3 is 6.09 Å². The number of hydrogen-bond acceptors (Lipinski definition) is 5. The van der Waals surface area contributed by atoms with Gasteiger partial charge in [0.25, 0.3) is 5.91 Å². The molecule has 2 atom stereocenters. The minimum Gasteiger partial charge on any atom is -0.497 e. The fourth-order valence-corrected chi connectivity index (χ4v) is 3.31. The van der Waals surface area contributed by atoms with Crippen LogP contribution in [0.25, 0.3) is 0 Å². The molecule has 0 aromatic heterocycles. The first-order valence-corrected chi connectivity index (χ1v) is 9.71. The van der Waals surface area contributed by atoms with Crippen LogP contribution in [0.15, 0.2) is 54.6 Å². The Balaban J connectivity index is 1.41. The van der Waals surface area contributed by atoms with E-state index in [1.54, 1.807) is 37.4 Å². The summed E-state index contributed by atoms with van der Waals surface area (Å²) in [6.45, 7) is -0.0797. The molecule has 1 aliphatic carbocycles. The van der Waals surface area contributed by atoms with E-state index in [2.05, 4.69) is 10.6 Å². The molecule has 2 aromatic carbocycles. The average Bonchev–Trinajstić information content (AvgIpc) is 2.73. The molecule has 0 radical (unpaired) electrons. The Morgan fingerprint density at radius 1 is 1.03 bits per heavy atom. The number of hydrogen-bond donors (Lipinski definition) is 2. The van der Waals surface area contributed by atoms with Gasteiger partial charge in [-0.05, 0) is 43.5 Å². The van der Waals surface area contributed by atoms with Crippen molar-refractivity contribution in [2.75, 3.05) is 19.0 Å². The van der Waals surface area contributed by atoms with Crippen LogP contribution in [-0.2, 0) is 9.53 Å². The lowest BCUT2D eigenvalue weighted by Crippen LogP contribution is -2.43. The van der Waals surface area contributed by atoms with Gasteiger partial charge in [0.15, 0.2) is 6.61 Å². The summed E-state index contributed by atoms with van der Waals surface area (Å²) in [6, 6.07) is 16.2. The minimum atomic E-state index is -0.477. The van der Waals surface area contributed by atoms with Crippen LogP contribution in [0.4, 0.5) is 10.5 Å². The van der Waals surface area contributed by atoms with E-state index in [4.69, 9.17) is 14.2 Å². The maximum absolute atomic E-state index is 12.2. The zero-order valence-electron chi connectivity index (χ0n) is 16.4. The maximum Gasteiger partial charge on any atom is 0.411 e. The standard InChI is InChI=1S/C22H26N2O5/c1-27-18-10-6-11-19(14-18)28-15-21(25)23-17-9-5-12-20(13-17)29-22(26)24-16-7-3-2-4-8-16/h2-4,6-8,10-11,14,17,20H,5,9,12-13,15H2,1H3,(H,23,25)(H,24,26)/t17-,20-/m0/s1. The molecule has 0 heterocycles. The predicted molar refractivity (Wildman–Crippen MR) is 109 cm³/mol. The summed E-state index contributed by atoms with van der Waals surface area (Å²) in [5, 5.41) is 5.68. The molecule has 0 spiro atoms. The van der Waals surface area contributed by atoms with Gasteiger partial charge in [0, 0.05) is 24.2 Å². The highest BCUT2D eigenvalue weighted by atomic mass is 16.6. The molecule has 0 bridgehead atoms. The lowest BCUT2D eigenvalue weighted by Gasteiger charge is -2.29. The normalized spacial score (nSPS) is 18.4. The van der Waals surface area contributed by atoms with Crippen molar-refractivity contribution in [2.45, 2.75) is 37.8 Å². The van der Waals surface area contributed by atoms with Crippen molar-refractivity contribution in [3.8, 4) is 11.5 Å². The van der Waals surface area contributed by atoms with E-state index in [1.807, 2.05) is 24.3 Å². The molecule has 2 amide bonds. The second-order valence-electron chi connectivity index (χ2n) is 6.92. The molecule has 7 heteroatoms. The first-order valence-electron chi connectivity index (χ1n) is 9.71. The highest BCUT2D eigenvalue weighted by Gasteiger charge is 2.26. The van der Waals surface area contributed by atoms with E-state index < -0.39 is 6.09 Å². The van der Waals surface area contributed by atoms with Crippen molar-refractivity contribution >= 4 is 17.7 Å². The van der Waals surface area contributed by atoms with E-state index in [0.29, 0.717) is 23.6 Å². The van der Waals surface area contributed by atoms with Gasteiger partial charge in [-0.25, -0.2) is 4.79 Å². The number of rotatable bonds is 7. The van der Waals surface area contributed by atoms with Gasteiger partial charge in [0.2, 0.25) is 0 Å². The van der Waals surface area contributed by atoms with Gasteiger partial charge in [-0.1, -0.05) is 24.3 Å². The minimum absolute atomic E-state index is 0.0420. The van der Waals surface area contributed by atoms with Crippen molar-refractivity contribution in [2.24, 2.45) is 0 Å². The highest BCUT2D eigenvalue weighted by Crippen LogP contribution is 2.22. The summed E-state index contributed by atoms with van der Waals surface area (Å²) in [7, 11) is 1.58. The van der Waals surface area contributed by atoms with E-state index in [-0.39, 0.29) is 24.7 Å². The predicted octanol–water partition coefficient (Wildman–Crippen LogP) is 3.75. The third-order valence-corrected chi connectivity index (χ3v) is 4.70. The topological polar surface area (TPSA) is 85.9 Å². The van der Waals surface area contributed by atoms with Crippen LogP contribution in [0.5, 0.6) is 11.5 Å². The molecule has 0 saturated heterocycles. The number of amides is 2. The number of para-hydroxylation sites is 1. The van der Waals surface area contributed by atoms with Crippen molar-refractivity contribution in [1.29, 1.82) is 0 Å². The first-order chi connectivity index (χ1) is 14.1. The van der Waals surface area contributed by atoms with Gasteiger partial charge < -0.3 is 19.5 Å². The second-order valence-corrected chi connectivity index (χ2v) is 6.92. The van der Waals surface area contributed by atoms with E-state index >= 15 is 0 Å². The molecule has 2 N–H and O–H groups in total. The van der Waals surface area contributed by atoms with Crippen molar-refractivity contribution in [3.63, 3.8) is 0 Å². The smallest absolute Gasteiger partial charge is 0.411 e. The third-order valence-electron chi connectivity index (χ3n) is 4.70. The molecule has 29 heavy (non-hydrogen) atoms. The summed E-state index contributed by atoms with van der Waals surface area (Å²) in [5.74, 6) is 1.04. The zero-order valence-corrected chi connectivity index (χ0v) is 16.4. The fourth-order valence-electron chi connectivity index (χ4n) is 3.31. The van der Waals surface area contributed by atoms with Crippen molar-refractivity contribution < 1.29 is 23.8 Å². The number of nitrogens with one attached hydrogen (secondary N) is 2. The third kappa shape index (κ3) is 6.71. The Kier molecular flexibility index (Phi) is 7.33. The summed E-state index contributed by atoms with van der Waals surface area (Å²) >= 11 is 0. The quantitative estimate of drug-likeness (QED) is 0.742. The molecule has 1 aliphatic rings. The summed E-state index contributed by atoms with van der Waals surface area (Å²) in [6.07, 6.45) is 2.41. The molecule has 1 saturated carbocycles. The van der Waals surface area contributed by atoms with Crippen molar-refractivity contribution in [1.82, 2.24) is 5.32 Å². The molecule has 7 nitrogen and oxygen atoms in total. The van der Waals surface area contributed by atoms with Crippen LogP contribution in [0.2, 0.25) is 0 Å². The maximum atomic E-state index is 12.2. The Labute approximate surface area is 170 Å². The van der Waals surface area contributed by atoms with E-state index in [0.717, 1.165) is 19.3 Å². The van der Waals surface area contributed by atoms with Crippen molar-refractivity contribution in [3.05, 3.63) is 54.6 Å². The van der Waals surface area contributed by atoms with Crippen LogP contribution >= 0.6 is 0 Å². The van der Waals surface area contributed by atoms with Crippen LogP contribution in [-0.4, -0.2) is 37.9 Å². The van der Waals surface area contributed by atoms with Crippen LogP contribution in [0, 0.1) is 0 Å². The van der Waals surface area contributed by atoms with E-state index in [9.17, 15) is 9.59 Å². The average molecular weight is 398 g/mol. The van der Waals surface area contributed by atoms with Gasteiger partial charge in [-0.3, -0.25) is 10.1 Å². The lowest BCUT2D eigenvalue weighted by molar-refractivity contribution is -0.124. The van der Waals surface area contributed by atoms with Gasteiger partial charge in [0.05, 0.1) is 7.11 Å². The molecule has 0 aliphatic heterocycles. The van der Waals surface area contributed by atoms with E-state index in [1.165, 1.54) is 0 Å². The summed E-state index contributed by atoms with van der Waals surface area (Å²) in [5.41, 5.74) is 0.688. The molecule has 3 rings (SSSR count). The Hall–Kier alpha value is -3.22. The zero-order chi connectivity index (χ0) is 20.5. The molecular weight excluding hydrogens is 372 g/mol. The SMILES string of the molecule is COc1cccc(OCC(=O)N[C@H]2CCC[C@H](OC(=O)Nc3ccccc3)C2)c1. The molecule has 1 fully saturated rings. The number of benzene rings is 2. The van der Waals surface area contributed by atoms with Gasteiger partial charge in [-0.15, -0.1) is 0 Å². The number of methoxy groups -OCH3 is 1. The molecule has 154 valence electrons. The monoisotopic (exact) mass is 398 g/mol. The Morgan fingerprint density at radius 3 is 2.62 bits per heavy atom. The van der Waals surface area contributed by atoms with Crippen LogP contribution in [0.3, 0.4) is 0 Å². The van der Waals surface area contributed by atoms with Gasteiger partial charge in [-0.2, -0.15) is 0 Å². The lowest BCUT2D eigenvalue weighted by atomic mass is 9.93. The number of anilines is 1. The Bertz CT molecular complexity index is 812. The number of carbonyl (C=O) groups is 2. The largest absolute Gasteiger partial charge is 0.497 e. The summed E-state index contributed by atoms with van der Waals surface area (Å²) in [4.78, 5) is 24.3. The van der Waals surface area contributed by atoms with Crippen LogP contribution in [0.1, 0.15) is 25.7 Å². The molecular formula is C22H26N2O5. The number of ether oxygens (including phenoxy) is 3. The molecule has 2 aromatic rings. The first kappa shape index (κ1) is 20.5. The molecule has 0 unspecified atom stereocenters. The second kappa shape index (κ2) is 10.4.